The van der Waals surface area contributed by atoms with Gasteiger partial charge in [0, 0.05) is 17.0 Å². The quantitative estimate of drug-likeness (QED) is 0.344. The molecule has 0 unspecified atom stereocenters. The van der Waals surface area contributed by atoms with Crippen LogP contribution in [-0.4, -0.2) is 39.0 Å². The highest BCUT2D eigenvalue weighted by molar-refractivity contribution is 7.78. The molecule has 0 heterocycles. The minimum absolute atomic E-state index is 0.209. The Bertz CT molecular complexity index is 651. The maximum atomic E-state index is 11.3. The first kappa shape index (κ1) is 19.3. The van der Waals surface area contributed by atoms with E-state index in [1.54, 1.807) is 6.07 Å². The van der Waals surface area contributed by atoms with Crippen molar-refractivity contribution in [2.75, 3.05) is 5.32 Å². The fourth-order valence-corrected chi connectivity index (χ4v) is 2.08. The lowest BCUT2D eigenvalue weighted by Crippen LogP contribution is -2.34. The highest BCUT2D eigenvalue weighted by Crippen LogP contribution is 2.20. The second-order valence-corrected chi connectivity index (χ2v) is 5.04. The Morgan fingerprint density at radius 1 is 1.25 bits per heavy atom. The molecular formula is C14H18N4O5S. The van der Waals surface area contributed by atoms with Crippen LogP contribution in [0.3, 0.4) is 0 Å². The molecule has 0 radical (unpaired) electrons. The zero-order valence-electron chi connectivity index (χ0n) is 12.9. The maximum Gasteiger partial charge on any atom is 0.417 e. The average Bonchev–Trinajstić information content (AvgIpc) is 2.52. The Kier molecular flexibility index (Phi) is 7.05. The van der Waals surface area contributed by atoms with Crippen LogP contribution in [0.2, 0.25) is 0 Å². The van der Waals surface area contributed by atoms with Crippen LogP contribution in [-0.2, 0) is 6.54 Å². The summed E-state index contributed by atoms with van der Waals surface area (Å²) in [6.45, 7) is 1.44. The van der Waals surface area contributed by atoms with Gasteiger partial charge in [-0.2, -0.15) is 0 Å². The first-order valence-electron chi connectivity index (χ1n) is 6.95. The predicted octanol–water partition coefficient (Wildman–Crippen LogP) is 2.98. The number of anilines is 1. The van der Waals surface area contributed by atoms with Crippen LogP contribution < -0.4 is 10.0 Å². The molecule has 1 aromatic rings. The number of carbonyl (C=O) groups excluding carboxylic acids is 1. The molecule has 0 atom stereocenters. The van der Waals surface area contributed by atoms with Crippen LogP contribution in [0, 0.1) is 5.41 Å². The van der Waals surface area contributed by atoms with Gasteiger partial charge in [-0.05, 0) is 24.1 Å². The number of benzene rings is 1. The molecule has 1 aromatic carbocycles. The molecule has 0 bridgehead atoms. The van der Waals surface area contributed by atoms with Gasteiger partial charge in [0.15, 0.2) is 0 Å². The Labute approximate surface area is 143 Å². The third kappa shape index (κ3) is 5.16. The van der Waals surface area contributed by atoms with Gasteiger partial charge < -0.3 is 20.9 Å². The number of hydrogen-bond donors (Lipinski definition) is 6. The van der Waals surface area contributed by atoms with Gasteiger partial charge in [-0.1, -0.05) is 32.2 Å². The van der Waals surface area contributed by atoms with E-state index >= 15 is 0 Å². The number of nitrogens with one attached hydrogen (secondary N) is 3. The lowest BCUT2D eigenvalue weighted by Gasteiger charge is -2.18. The first-order chi connectivity index (χ1) is 11.3. The summed E-state index contributed by atoms with van der Waals surface area (Å²) >= 11 is 3.60. The van der Waals surface area contributed by atoms with Crippen molar-refractivity contribution < 1.29 is 24.6 Å². The molecule has 0 aromatic heterocycles. The minimum Gasteiger partial charge on any atom is -0.465 e. The Balaban J connectivity index is 3.25. The number of carbonyl (C=O) groups is 3. The van der Waals surface area contributed by atoms with E-state index in [1.807, 2.05) is 6.92 Å². The molecule has 5 N–H and O–H groups in total. The maximum absolute atomic E-state index is 11.3. The van der Waals surface area contributed by atoms with Gasteiger partial charge in [0.2, 0.25) is 0 Å². The fourth-order valence-electron chi connectivity index (χ4n) is 2.03. The zero-order chi connectivity index (χ0) is 18.3. The van der Waals surface area contributed by atoms with Crippen molar-refractivity contribution in [3.63, 3.8) is 0 Å². The summed E-state index contributed by atoms with van der Waals surface area (Å²) in [4.78, 5) is 33.6. The standard InChI is InChI=1S/C14H18N4O5S/c1-2-3-11(15)10-5-4-9(16-12(19)17-24)6-8(10)7-18(13(20)21)14(22)23/h4-6,15,24H,2-3,7H2,1H3,(H,20,21)(H,22,23)(H2,16,17,19). The lowest BCUT2D eigenvalue weighted by molar-refractivity contribution is 0.120. The molecule has 4 amide bonds. The molecule has 0 aliphatic heterocycles. The van der Waals surface area contributed by atoms with Crippen molar-refractivity contribution in [3.8, 4) is 0 Å². The fraction of sp³-hybridized carbons (Fsp3) is 0.286. The van der Waals surface area contributed by atoms with Crippen LogP contribution in [0.25, 0.3) is 0 Å². The predicted molar refractivity (Wildman–Crippen MR) is 90.9 cm³/mol. The van der Waals surface area contributed by atoms with Gasteiger partial charge in [0.05, 0.1) is 6.54 Å². The molecular weight excluding hydrogens is 336 g/mol. The number of imide groups is 1. The third-order valence-corrected chi connectivity index (χ3v) is 3.28. The van der Waals surface area contributed by atoms with Gasteiger partial charge >= 0.3 is 18.2 Å². The molecule has 0 fully saturated rings. The van der Waals surface area contributed by atoms with Gasteiger partial charge in [-0.15, -0.1) is 0 Å². The lowest BCUT2D eigenvalue weighted by atomic mass is 9.99. The molecule has 130 valence electrons. The molecule has 24 heavy (non-hydrogen) atoms. The van der Waals surface area contributed by atoms with Gasteiger partial charge in [-0.25, -0.2) is 19.3 Å². The first-order valence-corrected chi connectivity index (χ1v) is 7.40. The average molecular weight is 354 g/mol. The zero-order valence-corrected chi connectivity index (χ0v) is 13.8. The van der Waals surface area contributed by atoms with E-state index in [0.717, 1.165) is 0 Å². The highest BCUT2D eigenvalue weighted by Gasteiger charge is 2.22. The Morgan fingerprint density at radius 3 is 2.38 bits per heavy atom. The normalized spacial score (nSPS) is 9.92. The van der Waals surface area contributed by atoms with Crippen molar-refractivity contribution in [1.82, 2.24) is 9.62 Å². The summed E-state index contributed by atoms with van der Waals surface area (Å²) in [7, 11) is 0. The smallest absolute Gasteiger partial charge is 0.417 e. The van der Waals surface area contributed by atoms with Crippen LogP contribution in [0.1, 0.15) is 30.9 Å². The van der Waals surface area contributed by atoms with Gasteiger partial charge in [0.25, 0.3) is 0 Å². The number of rotatable bonds is 6. The SMILES string of the molecule is CCCC(=N)c1ccc(NC(=O)NS)cc1CN(C(=O)O)C(=O)O. The molecule has 0 saturated heterocycles. The summed E-state index contributed by atoms with van der Waals surface area (Å²) < 4.78 is 2.07. The monoisotopic (exact) mass is 354 g/mol. The van der Waals surface area contributed by atoms with E-state index in [4.69, 9.17) is 15.6 Å². The Hall–Kier alpha value is -2.75. The molecule has 10 heteroatoms. The van der Waals surface area contributed by atoms with E-state index < -0.39 is 24.8 Å². The van der Waals surface area contributed by atoms with E-state index in [1.165, 1.54) is 12.1 Å². The van der Waals surface area contributed by atoms with Crippen LogP contribution in [0.5, 0.6) is 0 Å². The van der Waals surface area contributed by atoms with Crippen LogP contribution in [0.15, 0.2) is 18.2 Å². The highest BCUT2D eigenvalue weighted by atomic mass is 32.1. The number of amides is 4. The van der Waals surface area contributed by atoms with Crippen molar-refractivity contribution in [1.29, 1.82) is 5.41 Å². The van der Waals surface area contributed by atoms with E-state index in [0.29, 0.717) is 29.7 Å². The third-order valence-electron chi connectivity index (χ3n) is 3.08. The summed E-state index contributed by atoms with van der Waals surface area (Å²) in [6.07, 6.45) is -2.08. The molecule has 9 nitrogen and oxygen atoms in total. The number of hydrogen-bond acceptors (Lipinski definition) is 5. The molecule has 0 aliphatic rings. The van der Waals surface area contributed by atoms with Crippen molar-refractivity contribution in [2.45, 2.75) is 26.3 Å². The summed E-state index contributed by atoms with van der Waals surface area (Å²) in [5.74, 6) is 0. The minimum atomic E-state index is -1.62. The summed E-state index contributed by atoms with van der Waals surface area (Å²) in [6, 6.07) is 3.91. The van der Waals surface area contributed by atoms with Crippen LogP contribution >= 0.6 is 12.8 Å². The van der Waals surface area contributed by atoms with E-state index in [9.17, 15) is 14.4 Å². The van der Waals surface area contributed by atoms with Crippen molar-refractivity contribution in [3.05, 3.63) is 29.3 Å². The largest absolute Gasteiger partial charge is 0.465 e. The van der Waals surface area contributed by atoms with Gasteiger partial charge in [-0.3, -0.25) is 4.72 Å². The molecule has 0 spiro atoms. The van der Waals surface area contributed by atoms with Crippen molar-refractivity contribution in [2.24, 2.45) is 0 Å². The van der Waals surface area contributed by atoms with Crippen LogP contribution in [0.4, 0.5) is 20.1 Å². The van der Waals surface area contributed by atoms with Gasteiger partial charge in [0.1, 0.15) is 0 Å². The number of thiol groups is 1. The topological polar surface area (TPSA) is 143 Å². The molecule has 0 saturated carbocycles. The van der Waals surface area contributed by atoms with E-state index in [2.05, 4.69) is 22.9 Å². The summed E-state index contributed by atoms with van der Waals surface area (Å²) in [5, 5.41) is 28.5. The number of carboxylic acid groups (broad SMARTS) is 2. The molecule has 0 aliphatic carbocycles. The van der Waals surface area contributed by atoms with E-state index in [-0.39, 0.29) is 10.6 Å². The molecule has 1 rings (SSSR count). The van der Waals surface area contributed by atoms with Crippen molar-refractivity contribution >= 4 is 42.4 Å². The summed E-state index contributed by atoms with van der Waals surface area (Å²) in [5.41, 5.74) is 1.31. The number of urea groups is 1. The number of nitrogens with zero attached hydrogens (tertiary/aromatic N) is 1. The Morgan fingerprint density at radius 2 is 1.88 bits per heavy atom. The second kappa shape index (κ2) is 8.77. The second-order valence-electron chi connectivity index (χ2n) is 4.82.